The molecule has 0 amide bonds. The van der Waals surface area contributed by atoms with Crippen molar-refractivity contribution in [1.29, 1.82) is 0 Å². The predicted molar refractivity (Wildman–Crippen MR) is 85.3 cm³/mol. The molecule has 1 atom stereocenters. The van der Waals surface area contributed by atoms with Crippen LogP contribution in [-0.2, 0) is 14.0 Å². The number of carbonyl (C=O) groups excluding carboxylic acids is 1. The summed E-state index contributed by atoms with van der Waals surface area (Å²) in [6, 6.07) is 0. The third kappa shape index (κ3) is 5.06. The summed E-state index contributed by atoms with van der Waals surface area (Å²) in [7, 11) is -0.247. The van der Waals surface area contributed by atoms with Crippen molar-refractivity contribution in [2.45, 2.75) is 77.1 Å². The van der Waals surface area contributed by atoms with E-state index in [0.717, 1.165) is 25.7 Å². The maximum absolute atomic E-state index is 11.2. The van der Waals surface area contributed by atoms with Crippen LogP contribution < -0.4 is 0 Å². The summed E-state index contributed by atoms with van der Waals surface area (Å²) in [5.74, 6) is -0.127. The van der Waals surface area contributed by atoms with Gasteiger partial charge in [-0.3, -0.25) is 4.79 Å². The van der Waals surface area contributed by atoms with E-state index in [-0.39, 0.29) is 11.0 Å². The van der Waals surface area contributed by atoms with Gasteiger partial charge in [0.2, 0.25) is 0 Å². The topological polar surface area (TPSA) is 35.5 Å². The lowest BCUT2D eigenvalue weighted by Crippen LogP contribution is -2.44. The maximum atomic E-state index is 11.2. The molecule has 1 aliphatic rings. The second-order valence-corrected chi connectivity index (χ2v) is 12.0. The van der Waals surface area contributed by atoms with Crippen molar-refractivity contribution in [3.05, 3.63) is 11.6 Å². The molecule has 0 aromatic carbocycles. The highest BCUT2D eigenvalue weighted by Crippen LogP contribution is 2.39. The standard InChI is InChI=1S/C16H30O3Si/c1-16(2,3)20(5,6)19-14-9-7-8-13(12-14)10-11-15(17)18-4/h8,14H,7,9-12H2,1-6H3. The molecule has 1 unspecified atom stereocenters. The molecule has 0 saturated carbocycles. The Balaban J connectivity index is 2.52. The number of carbonyl (C=O) groups is 1. The van der Waals surface area contributed by atoms with E-state index < -0.39 is 8.32 Å². The normalized spacial score (nSPS) is 20.5. The Hall–Kier alpha value is -0.613. The van der Waals surface area contributed by atoms with Crippen LogP contribution in [0.3, 0.4) is 0 Å². The number of allylic oxidation sites excluding steroid dienone is 1. The van der Waals surface area contributed by atoms with Crippen LogP contribution in [-0.4, -0.2) is 27.5 Å². The zero-order valence-corrected chi connectivity index (χ0v) is 14.9. The van der Waals surface area contributed by atoms with Crippen LogP contribution in [0.2, 0.25) is 18.1 Å². The third-order valence-corrected chi connectivity index (χ3v) is 9.09. The molecule has 0 bridgehead atoms. The van der Waals surface area contributed by atoms with Gasteiger partial charge in [0, 0.05) is 12.5 Å². The Labute approximate surface area is 124 Å². The van der Waals surface area contributed by atoms with Gasteiger partial charge >= 0.3 is 5.97 Å². The molecule has 4 heteroatoms. The van der Waals surface area contributed by atoms with Gasteiger partial charge in [-0.2, -0.15) is 0 Å². The molecule has 1 aliphatic carbocycles. The fraction of sp³-hybridized carbons (Fsp3) is 0.812. The molecular formula is C16H30O3Si. The quantitative estimate of drug-likeness (QED) is 0.427. The Morgan fingerprint density at radius 3 is 2.60 bits per heavy atom. The smallest absolute Gasteiger partial charge is 0.305 e. The largest absolute Gasteiger partial charge is 0.469 e. The van der Waals surface area contributed by atoms with Crippen LogP contribution in [0.25, 0.3) is 0 Å². The zero-order chi connectivity index (χ0) is 15.4. The number of ether oxygens (including phenoxy) is 1. The molecular weight excluding hydrogens is 268 g/mol. The van der Waals surface area contributed by atoms with Gasteiger partial charge in [-0.05, 0) is 43.8 Å². The van der Waals surface area contributed by atoms with Gasteiger partial charge in [-0.1, -0.05) is 32.4 Å². The summed E-state index contributed by atoms with van der Waals surface area (Å²) in [5.41, 5.74) is 1.35. The third-order valence-electron chi connectivity index (χ3n) is 4.56. The number of methoxy groups -OCH3 is 1. The predicted octanol–water partition coefficient (Wildman–Crippen LogP) is 4.44. The molecule has 1 rings (SSSR count). The summed E-state index contributed by atoms with van der Waals surface area (Å²) in [4.78, 5) is 11.2. The summed E-state index contributed by atoms with van der Waals surface area (Å²) in [6.07, 6.45) is 7.04. The molecule has 0 fully saturated rings. The van der Waals surface area contributed by atoms with E-state index in [2.05, 4.69) is 39.9 Å². The highest BCUT2D eigenvalue weighted by atomic mass is 28.4. The number of hydrogen-bond donors (Lipinski definition) is 0. The summed E-state index contributed by atoms with van der Waals surface area (Å²) < 4.78 is 11.2. The van der Waals surface area contributed by atoms with Crippen LogP contribution >= 0.6 is 0 Å². The van der Waals surface area contributed by atoms with Crippen LogP contribution in [0.1, 0.15) is 52.9 Å². The molecule has 116 valence electrons. The first-order valence-corrected chi connectivity index (χ1v) is 10.5. The lowest BCUT2D eigenvalue weighted by atomic mass is 9.94. The van der Waals surface area contributed by atoms with Gasteiger partial charge in [0.05, 0.1) is 7.11 Å². The van der Waals surface area contributed by atoms with E-state index in [0.29, 0.717) is 12.5 Å². The average molecular weight is 298 g/mol. The van der Waals surface area contributed by atoms with E-state index >= 15 is 0 Å². The monoisotopic (exact) mass is 298 g/mol. The molecule has 0 aliphatic heterocycles. The van der Waals surface area contributed by atoms with Crippen molar-refractivity contribution in [1.82, 2.24) is 0 Å². The van der Waals surface area contributed by atoms with Gasteiger partial charge in [0.1, 0.15) is 0 Å². The average Bonchev–Trinajstić information content (AvgIpc) is 2.34. The van der Waals surface area contributed by atoms with Crippen molar-refractivity contribution in [2.24, 2.45) is 0 Å². The Morgan fingerprint density at radius 1 is 1.40 bits per heavy atom. The van der Waals surface area contributed by atoms with Crippen molar-refractivity contribution in [3.8, 4) is 0 Å². The van der Waals surface area contributed by atoms with E-state index in [1.54, 1.807) is 0 Å². The lowest BCUT2D eigenvalue weighted by molar-refractivity contribution is -0.140. The Kier molecular flexibility index (Phi) is 6.01. The summed E-state index contributed by atoms with van der Waals surface area (Å²) in [5, 5.41) is 0.250. The summed E-state index contributed by atoms with van der Waals surface area (Å²) in [6.45, 7) is 11.4. The molecule has 0 heterocycles. The minimum absolute atomic E-state index is 0.127. The van der Waals surface area contributed by atoms with Gasteiger partial charge in [0.15, 0.2) is 8.32 Å². The second-order valence-electron chi connectivity index (χ2n) is 7.22. The first-order valence-electron chi connectivity index (χ1n) is 7.58. The zero-order valence-electron chi connectivity index (χ0n) is 13.9. The van der Waals surface area contributed by atoms with Crippen LogP contribution in [0.5, 0.6) is 0 Å². The summed E-state index contributed by atoms with van der Waals surface area (Å²) >= 11 is 0. The maximum Gasteiger partial charge on any atom is 0.305 e. The molecule has 0 N–H and O–H groups in total. The van der Waals surface area contributed by atoms with Crippen molar-refractivity contribution in [2.75, 3.05) is 7.11 Å². The molecule has 0 aromatic heterocycles. The van der Waals surface area contributed by atoms with Crippen LogP contribution in [0.15, 0.2) is 11.6 Å². The highest BCUT2D eigenvalue weighted by Gasteiger charge is 2.39. The molecule has 0 spiro atoms. The Bertz CT molecular complexity index is 366. The molecule has 3 nitrogen and oxygen atoms in total. The Morgan fingerprint density at radius 2 is 2.05 bits per heavy atom. The number of hydrogen-bond acceptors (Lipinski definition) is 3. The molecule has 20 heavy (non-hydrogen) atoms. The molecule has 0 radical (unpaired) electrons. The first kappa shape index (κ1) is 17.4. The number of esters is 1. The van der Waals surface area contributed by atoms with Gasteiger partial charge in [-0.25, -0.2) is 0 Å². The SMILES string of the molecule is COC(=O)CCC1=CCCC(O[Si](C)(C)C(C)(C)C)C1. The van der Waals surface area contributed by atoms with Crippen molar-refractivity contribution >= 4 is 14.3 Å². The lowest BCUT2D eigenvalue weighted by Gasteiger charge is -2.40. The number of rotatable bonds is 5. The van der Waals surface area contributed by atoms with Crippen LogP contribution in [0.4, 0.5) is 0 Å². The minimum atomic E-state index is -1.69. The minimum Gasteiger partial charge on any atom is -0.469 e. The first-order chi connectivity index (χ1) is 9.15. The van der Waals surface area contributed by atoms with Crippen molar-refractivity contribution in [3.63, 3.8) is 0 Å². The van der Waals surface area contributed by atoms with E-state index in [1.165, 1.54) is 12.7 Å². The fourth-order valence-corrected chi connectivity index (χ4v) is 3.60. The van der Waals surface area contributed by atoms with Gasteiger partial charge in [-0.15, -0.1) is 0 Å². The molecule has 0 saturated heterocycles. The molecule has 0 aromatic rings. The van der Waals surface area contributed by atoms with E-state index in [9.17, 15) is 4.79 Å². The van der Waals surface area contributed by atoms with Crippen LogP contribution in [0, 0.1) is 0 Å². The van der Waals surface area contributed by atoms with E-state index in [4.69, 9.17) is 9.16 Å². The second kappa shape index (κ2) is 6.90. The van der Waals surface area contributed by atoms with Gasteiger partial charge in [0.25, 0.3) is 0 Å². The van der Waals surface area contributed by atoms with Gasteiger partial charge < -0.3 is 9.16 Å². The highest BCUT2D eigenvalue weighted by molar-refractivity contribution is 6.74. The fourth-order valence-electron chi connectivity index (χ4n) is 2.21. The van der Waals surface area contributed by atoms with E-state index in [1.807, 2.05) is 0 Å². The van der Waals surface area contributed by atoms with Crippen molar-refractivity contribution < 1.29 is 14.0 Å².